The second-order valence-electron chi connectivity index (χ2n) is 13.2. The molecule has 7 atom stereocenters. The van der Waals surface area contributed by atoms with Crippen LogP contribution in [-0.2, 0) is 9.53 Å². The van der Waals surface area contributed by atoms with Gasteiger partial charge in [0, 0.05) is 17.3 Å². The summed E-state index contributed by atoms with van der Waals surface area (Å²) in [6.07, 6.45) is 9.70. The lowest BCUT2D eigenvalue weighted by atomic mass is 9.66. The van der Waals surface area contributed by atoms with Crippen molar-refractivity contribution in [1.82, 2.24) is 0 Å². The average Bonchev–Trinajstić information content (AvgIpc) is 3.31. The molecule has 0 aromatic heterocycles. The predicted molar refractivity (Wildman–Crippen MR) is 148 cm³/mol. The van der Waals surface area contributed by atoms with E-state index in [4.69, 9.17) is 4.74 Å². The molecular formula is C32H52O4. The number of esters is 1. The normalized spacial score (nSPS) is 28.5. The molecule has 0 radical (unpaired) electrons. The van der Waals surface area contributed by atoms with Gasteiger partial charge in [-0.25, -0.2) is 0 Å². The summed E-state index contributed by atoms with van der Waals surface area (Å²) in [5, 5.41) is 21.6. The maximum atomic E-state index is 12.9. The molecule has 2 aliphatic carbocycles. The maximum absolute atomic E-state index is 12.9. The Kier molecular flexibility index (Phi) is 10.1. The summed E-state index contributed by atoms with van der Waals surface area (Å²) in [7, 11) is 0. The highest BCUT2D eigenvalue weighted by Gasteiger charge is 2.47. The van der Waals surface area contributed by atoms with Crippen LogP contribution < -0.4 is 0 Å². The van der Waals surface area contributed by atoms with Crippen LogP contribution >= 0.6 is 0 Å². The smallest absolute Gasteiger partial charge is 0.312 e. The molecule has 2 aliphatic rings. The second kappa shape index (κ2) is 11.9. The van der Waals surface area contributed by atoms with Gasteiger partial charge in [-0.2, -0.15) is 0 Å². The van der Waals surface area contributed by atoms with Crippen molar-refractivity contribution in [3.05, 3.63) is 23.8 Å². The van der Waals surface area contributed by atoms with Crippen LogP contribution in [0.2, 0.25) is 0 Å². The van der Waals surface area contributed by atoms with Crippen LogP contribution in [0.25, 0.3) is 0 Å². The van der Waals surface area contributed by atoms with Crippen LogP contribution in [0, 0.1) is 51.8 Å². The Balaban J connectivity index is 2.07. The maximum Gasteiger partial charge on any atom is 0.312 e. The molecule has 0 amide bonds. The van der Waals surface area contributed by atoms with E-state index in [1.165, 1.54) is 5.57 Å². The van der Waals surface area contributed by atoms with Crippen molar-refractivity contribution >= 4 is 5.97 Å². The number of hydrogen-bond acceptors (Lipinski definition) is 4. The van der Waals surface area contributed by atoms with Gasteiger partial charge < -0.3 is 14.9 Å². The summed E-state index contributed by atoms with van der Waals surface area (Å²) in [4.78, 5) is 12.9. The third kappa shape index (κ3) is 6.84. The van der Waals surface area contributed by atoms with Gasteiger partial charge in [0.2, 0.25) is 0 Å². The highest BCUT2D eigenvalue weighted by Crippen LogP contribution is 2.51. The van der Waals surface area contributed by atoms with Gasteiger partial charge in [-0.1, -0.05) is 57.4 Å². The Morgan fingerprint density at radius 3 is 2.39 bits per heavy atom. The molecule has 0 heterocycles. The highest BCUT2D eigenvalue weighted by molar-refractivity contribution is 5.77. The number of carbonyl (C=O) groups is 1. The molecular weight excluding hydrogens is 448 g/mol. The number of hydrogen-bond donors (Lipinski definition) is 2. The monoisotopic (exact) mass is 500 g/mol. The third-order valence-corrected chi connectivity index (χ3v) is 9.73. The Labute approximate surface area is 221 Å². The standard InChI is InChI=1S/C32H52O4/c1-11-16-30(5,6)22(4)27(33)14-13-25-26-19-23(18-24(26)20-28(25)34)15-17-31(7,8)32(9,10)29(35)36-21(3)12-2/h13-15,21-22,24-28,33-34H,12,17-20H2,1-10H3/b14-13+,23-15+/t21-,22?,24-,25+,26-,27+,28?/m0/s1. The number of fused-ring (bicyclic) bond motifs is 1. The van der Waals surface area contributed by atoms with Crippen molar-refractivity contribution in [3.63, 3.8) is 0 Å². The molecule has 0 aliphatic heterocycles. The summed E-state index contributed by atoms with van der Waals surface area (Å²) >= 11 is 0. The van der Waals surface area contributed by atoms with Gasteiger partial charge in [0.15, 0.2) is 0 Å². The fourth-order valence-electron chi connectivity index (χ4n) is 5.56. The molecule has 2 unspecified atom stereocenters. The van der Waals surface area contributed by atoms with E-state index in [0.717, 1.165) is 32.1 Å². The summed E-state index contributed by atoms with van der Waals surface area (Å²) in [6, 6.07) is 0. The van der Waals surface area contributed by atoms with Crippen molar-refractivity contribution < 1.29 is 19.7 Å². The van der Waals surface area contributed by atoms with Gasteiger partial charge >= 0.3 is 5.97 Å². The molecule has 204 valence electrons. The number of aliphatic hydroxyl groups excluding tert-OH is 2. The van der Waals surface area contributed by atoms with Gasteiger partial charge in [-0.3, -0.25) is 4.79 Å². The van der Waals surface area contributed by atoms with Gasteiger partial charge in [-0.15, -0.1) is 5.92 Å². The molecule has 0 aromatic carbocycles. The Morgan fingerprint density at radius 1 is 1.17 bits per heavy atom. The molecule has 0 bridgehead atoms. The Morgan fingerprint density at radius 2 is 1.81 bits per heavy atom. The van der Waals surface area contributed by atoms with E-state index in [9.17, 15) is 15.0 Å². The van der Waals surface area contributed by atoms with Crippen LogP contribution in [0.3, 0.4) is 0 Å². The number of ether oxygens (including phenoxy) is 1. The lowest BCUT2D eigenvalue weighted by Gasteiger charge is -2.39. The first-order valence-electron chi connectivity index (χ1n) is 13.9. The summed E-state index contributed by atoms with van der Waals surface area (Å²) < 4.78 is 5.68. The zero-order valence-corrected chi connectivity index (χ0v) is 24.5. The first kappa shape index (κ1) is 30.7. The fraction of sp³-hybridized carbons (Fsp3) is 0.781. The van der Waals surface area contributed by atoms with Crippen LogP contribution in [0.5, 0.6) is 0 Å². The van der Waals surface area contributed by atoms with E-state index >= 15 is 0 Å². The van der Waals surface area contributed by atoms with Crippen molar-refractivity contribution in [2.24, 2.45) is 39.9 Å². The minimum Gasteiger partial charge on any atom is -0.462 e. The minimum absolute atomic E-state index is 0.00725. The van der Waals surface area contributed by atoms with Crippen molar-refractivity contribution in [3.8, 4) is 11.8 Å². The Bertz CT molecular complexity index is 882. The summed E-state index contributed by atoms with van der Waals surface area (Å²) in [5.74, 6) is 6.99. The number of rotatable bonds is 10. The first-order valence-corrected chi connectivity index (χ1v) is 13.9. The highest BCUT2D eigenvalue weighted by atomic mass is 16.5. The van der Waals surface area contributed by atoms with E-state index in [1.807, 2.05) is 47.6 Å². The molecule has 2 saturated carbocycles. The zero-order valence-electron chi connectivity index (χ0n) is 24.5. The van der Waals surface area contributed by atoms with Crippen molar-refractivity contribution in [1.29, 1.82) is 0 Å². The molecule has 0 saturated heterocycles. The topological polar surface area (TPSA) is 66.8 Å². The van der Waals surface area contributed by atoms with Crippen LogP contribution in [-0.4, -0.2) is 34.5 Å². The molecule has 2 rings (SSSR count). The molecule has 4 nitrogen and oxygen atoms in total. The van der Waals surface area contributed by atoms with Gasteiger partial charge in [-0.05, 0) is 90.9 Å². The van der Waals surface area contributed by atoms with E-state index < -0.39 is 11.5 Å². The van der Waals surface area contributed by atoms with E-state index in [2.05, 4.69) is 51.7 Å². The number of aliphatic hydroxyl groups is 2. The van der Waals surface area contributed by atoms with E-state index in [-0.39, 0.29) is 40.8 Å². The molecule has 0 aromatic rings. The van der Waals surface area contributed by atoms with Gasteiger partial charge in [0.1, 0.15) is 0 Å². The predicted octanol–water partition coefficient (Wildman–Crippen LogP) is 6.71. The molecule has 0 spiro atoms. The quantitative estimate of drug-likeness (QED) is 0.199. The van der Waals surface area contributed by atoms with Crippen LogP contribution in [0.4, 0.5) is 0 Å². The van der Waals surface area contributed by atoms with Crippen molar-refractivity contribution in [2.75, 3.05) is 0 Å². The third-order valence-electron chi connectivity index (χ3n) is 9.73. The largest absolute Gasteiger partial charge is 0.462 e. The first-order chi connectivity index (χ1) is 16.6. The van der Waals surface area contributed by atoms with Crippen LogP contribution in [0.15, 0.2) is 23.8 Å². The lowest BCUT2D eigenvalue weighted by molar-refractivity contribution is -0.165. The minimum atomic E-state index is -0.596. The second-order valence-corrected chi connectivity index (χ2v) is 13.2. The molecule has 2 N–H and O–H groups in total. The fourth-order valence-corrected chi connectivity index (χ4v) is 5.56. The van der Waals surface area contributed by atoms with E-state index in [0.29, 0.717) is 11.8 Å². The lowest BCUT2D eigenvalue weighted by Crippen LogP contribution is -2.41. The number of carbonyl (C=O) groups excluding carboxylic acids is 1. The number of allylic oxidation sites excluding steroid dienone is 2. The molecule has 2 fully saturated rings. The zero-order chi connectivity index (χ0) is 27.5. The SMILES string of the molecule is CC#CC(C)(C)C(C)[C@H](O)/C=C/[C@H]1C(O)C[C@@H]2C/C(=C\CC(C)(C)C(C)(C)C(=O)O[C@@H](C)CC)C[C@@H]21. The van der Waals surface area contributed by atoms with Crippen LogP contribution in [0.1, 0.15) is 101 Å². The molecule has 36 heavy (non-hydrogen) atoms. The summed E-state index contributed by atoms with van der Waals surface area (Å²) in [6.45, 7) is 20.3. The van der Waals surface area contributed by atoms with Gasteiger partial charge in [0.05, 0.1) is 23.7 Å². The average molecular weight is 501 g/mol. The molecule has 4 heteroatoms. The summed E-state index contributed by atoms with van der Waals surface area (Å²) in [5.41, 5.74) is 0.324. The van der Waals surface area contributed by atoms with E-state index in [1.54, 1.807) is 0 Å². The van der Waals surface area contributed by atoms with Crippen molar-refractivity contribution in [2.45, 2.75) is 120 Å². The Hall–Kier alpha value is -1.57. The van der Waals surface area contributed by atoms with Gasteiger partial charge in [0.25, 0.3) is 0 Å².